The Morgan fingerprint density at radius 1 is 1.38 bits per heavy atom. The van der Waals surface area contributed by atoms with E-state index >= 15 is 0 Å². The van der Waals surface area contributed by atoms with Crippen molar-refractivity contribution in [3.63, 3.8) is 0 Å². The highest BCUT2D eigenvalue weighted by atomic mass is 35.5. The van der Waals surface area contributed by atoms with Crippen LogP contribution in [0.4, 0.5) is 5.69 Å². The molecule has 1 aromatic carbocycles. The molecule has 21 heavy (non-hydrogen) atoms. The molecule has 1 saturated heterocycles. The second-order valence-corrected chi connectivity index (χ2v) is 6.73. The van der Waals surface area contributed by atoms with Gasteiger partial charge in [0.2, 0.25) is 5.91 Å². The Morgan fingerprint density at radius 2 is 2.19 bits per heavy atom. The largest absolute Gasteiger partial charge is 0.462 e. The number of carbonyl (C=O) groups is 2. The fourth-order valence-electron chi connectivity index (χ4n) is 4.32. The van der Waals surface area contributed by atoms with Gasteiger partial charge in [-0.05, 0) is 43.4 Å². The number of esters is 1. The molecule has 2 bridgehead atoms. The third-order valence-electron chi connectivity index (χ3n) is 5.31. The van der Waals surface area contributed by atoms with Gasteiger partial charge in [0, 0.05) is 16.6 Å². The van der Waals surface area contributed by atoms with Gasteiger partial charge in [-0.25, -0.2) is 0 Å². The molecule has 1 aromatic rings. The molecule has 5 heteroatoms. The number of amides is 1. The Bertz CT molecular complexity index is 642. The molecule has 4 nitrogen and oxygen atoms in total. The van der Waals surface area contributed by atoms with Crippen LogP contribution >= 0.6 is 11.6 Å². The average molecular weight is 306 g/mol. The molecule has 1 aliphatic heterocycles. The maximum Gasteiger partial charge on any atom is 0.310 e. The molecule has 110 valence electrons. The second-order valence-electron chi connectivity index (χ2n) is 6.32. The van der Waals surface area contributed by atoms with Crippen molar-refractivity contribution in [3.05, 3.63) is 28.8 Å². The zero-order chi connectivity index (χ0) is 14.7. The number of anilines is 1. The summed E-state index contributed by atoms with van der Waals surface area (Å²) in [7, 11) is 0. The molecule has 3 fully saturated rings. The molecule has 0 spiro atoms. The van der Waals surface area contributed by atoms with Crippen molar-refractivity contribution in [1.29, 1.82) is 0 Å². The van der Waals surface area contributed by atoms with Crippen molar-refractivity contribution in [2.24, 2.45) is 23.7 Å². The molecule has 0 radical (unpaired) electrons. The summed E-state index contributed by atoms with van der Waals surface area (Å²) in [5.41, 5.74) is 1.57. The maximum atomic E-state index is 12.6. The molecule has 1 amide bonds. The highest BCUT2D eigenvalue weighted by Crippen LogP contribution is 2.57. The Morgan fingerprint density at radius 3 is 3.00 bits per heavy atom. The van der Waals surface area contributed by atoms with E-state index in [2.05, 4.69) is 5.32 Å². The number of hydrogen-bond donors (Lipinski definition) is 1. The van der Waals surface area contributed by atoms with Crippen molar-refractivity contribution in [3.8, 4) is 0 Å². The minimum absolute atomic E-state index is 0.0597. The molecule has 2 aliphatic carbocycles. The van der Waals surface area contributed by atoms with Gasteiger partial charge < -0.3 is 10.1 Å². The van der Waals surface area contributed by atoms with Gasteiger partial charge in [-0.15, -0.1) is 0 Å². The van der Waals surface area contributed by atoms with E-state index < -0.39 is 0 Å². The number of carbonyl (C=O) groups excluding carboxylic acids is 2. The van der Waals surface area contributed by atoms with Crippen LogP contribution in [0, 0.1) is 30.6 Å². The summed E-state index contributed by atoms with van der Waals surface area (Å²) in [6.45, 7) is 1.87. The van der Waals surface area contributed by atoms with E-state index in [4.69, 9.17) is 16.3 Å². The van der Waals surface area contributed by atoms with Crippen molar-refractivity contribution < 1.29 is 14.3 Å². The van der Waals surface area contributed by atoms with E-state index in [1.54, 1.807) is 6.07 Å². The summed E-state index contributed by atoms with van der Waals surface area (Å²) < 4.78 is 5.37. The van der Waals surface area contributed by atoms with Gasteiger partial charge in [0.15, 0.2) is 0 Å². The first kappa shape index (κ1) is 13.1. The zero-order valence-electron chi connectivity index (χ0n) is 11.6. The smallest absolute Gasteiger partial charge is 0.310 e. The van der Waals surface area contributed by atoms with E-state index in [0.29, 0.717) is 5.02 Å². The monoisotopic (exact) mass is 305 g/mol. The first-order chi connectivity index (χ1) is 10.1. The maximum absolute atomic E-state index is 12.6. The van der Waals surface area contributed by atoms with Crippen molar-refractivity contribution >= 4 is 29.2 Å². The lowest BCUT2D eigenvalue weighted by molar-refractivity contribution is -0.145. The normalized spacial score (nSPS) is 35.9. The van der Waals surface area contributed by atoms with Crippen molar-refractivity contribution in [2.75, 3.05) is 5.32 Å². The number of hydrogen-bond acceptors (Lipinski definition) is 3. The van der Waals surface area contributed by atoms with Crippen LogP contribution in [0.5, 0.6) is 0 Å². The van der Waals surface area contributed by atoms with Crippen LogP contribution in [0.25, 0.3) is 0 Å². The van der Waals surface area contributed by atoms with Crippen LogP contribution in [0.2, 0.25) is 5.02 Å². The van der Waals surface area contributed by atoms with E-state index in [0.717, 1.165) is 24.1 Å². The molecular formula is C16H16ClNO3. The summed E-state index contributed by atoms with van der Waals surface area (Å²) in [6, 6.07) is 5.44. The lowest BCUT2D eigenvalue weighted by Gasteiger charge is -2.24. The first-order valence-corrected chi connectivity index (χ1v) is 7.70. The average Bonchev–Trinajstić information content (AvgIpc) is 3.05. The highest BCUT2D eigenvalue weighted by Gasteiger charge is 2.63. The van der Waals surface area contributed by atoms with Crippen LogP contribution in [-0.2, 0) is 14.3 Å². The summed E-state index contributed by atoms with van der Waals surface area (Å²) in [5, 5.41) is 3.58. The Kier molecular flexibility index (Phi) is 2.80. The molecule has 2 saturated carbocycles. The quantitative estimate of drug-likeness (QED) is 0.855. The van der Waals surface area contributed by atoms with Crippen LogP contribution in [-0.4, -0.2) is 18.0 Å². The van der Waals surface area contributed by atoms with Crippen molar-refractivity contribution in [2.45, 2.75) is 25.9 Å². The van der Waals surface area contributed by atoms with Crippen LogP contribution in [0.15, 0.2) is 18.2 Å². The van der Waals surface area contributed by atoms with Gasteiger partial charge in [0.05, 0.1) is 11.8 Å². The van der Waals surface area contributed by atoms with Gasteiger partial charge in [-0.1, -0.05) is 17.7 Å². The summed E-state index contributed by atoms with van der Waals surface area (Å²) in [6.07, 6.45) is 1.83. The first-order valence-electron chi connectivity index (χ1n) is 7.32. The Balaban J connectivity index is 1.59. The molecule has 1 N–H and O–H groups in total. The number of ether oxygens (including phenoxy) is 1. The topological polar surface area (TPSA) is 55.4 Å². The third-order valence-corrected chi connectivity index (χ3v) is 5.72. The Labute approximate surface area is 127 Å². The van der Waals surface area contributed by atoms with E-state index in [-0.39, 0.29) is 41.7 Å². The minimum atomic E-state index is -0.250. The lowest BCUT2D eigenvalue weighted by atomic mass is 9.79. The summed E-state index contributed by atoms with van der Waals surface area (Å²) in [4.78, 5) is 24.6. The summed E-state index contributed by atoms with van der Waals surface area (Å²) in [5.74, 6) is -0.231. The molecule has 1 heterocycles. The van der Waals surface area contributed by atoms with Gasteiger partial charge in [-0.3, -0.25) is 9.59 Å². The predicted molar refractivity (Wildman–Crippen MR) is 77.9 cm³/mol. The Hall–Kier alpha value is -1.55. The molecule has 5 atom stereocenters. The highest BCUT2D eigenvalue weighted by molar-refractivity contribution is 6.31. The second kappa shape index (κ2) is 4.47. The molecule has 3 aliphatic rings. The number of halogens is 1. The number of rotatable bonds is 2. The fraction of sp³-hybridized carbons (Fsp3) is 0.500. The predicted octanol–water partition coefficient (Wildman–Crippen LogP) is 2.78. The van der Waals surface area contributed by atoms with Crippen molar-refractivity contribution in [1.82, 2.24) is 0 Å². The van der Waals surface area contributed by atoms with Gasteiger partial charge in [-0.2, -0.15) is 0 Å². The van der Waals surface area contributed by atoms with Crippen LogP contribution in [0.3, 0.4) is 0 Å². The SMILES string of the molecule is Cc1c(Cl)cccc1NC(=O)[C@@H]1[C@@H]2C[C@@H]3[C@H]1C(=O)O[C@@H]3C2. The fourth-order valence-corrected chi connectivity index (χ4v) is 4.50. The molecule has 0 aromatic heterocycles. The van der Waals surface area contributed by atoms with Crippen LogP contribution < -0.4 is 5.32 Å². The van der Waals surface area contributed by atoms with Gasteiger partial charge in [0.25, 0.3) is 0 Å². The summed E-state index contributed by atoms with van der Waals surface area (Å²) >= 11 is 6.08. The third kappa shape index (κ3) is 1.81. The van der Waals surface area contributed by atoms with E-state index in [9.17, 15) is 9.59 Å². The number of benzene rings is 1. The van der Waals surface area contributed by atoms with Crippen LogP contribution in [0.1, 0.15) is 18.4 Å². The molecule has 0 unspecified atom stereocenters. The lowest BCUT2D eigenvalue weighted by Crippen LogP contribution is -2.36. The number of nitrogens with one attached hydrogen (secondary N) is 1. The minimum Gasteiger partial charge on any atom is -0.462 e. The number of fused-ring (bicyclic) bond motifs is 1. The van der Waals surface area contributed by atoms with Gasteiger partial charge >= 0.3 is 5.97 Å². The zero-order valence-corrected chi connectivity index (χ0v) is 12.4. The standard InChI is InChI=1S/C16H16ClNO3/c1-7-10(17)3-2-4-11(7)18-15(19)13-8-5-9-12(6-8)21-16(20)14(9)13/h2-4,8-9,12-14H,5-6H2,1H3,(H,18,19)/t8-,9+,12-,13-,14-/m1/s1. The van der Waals surface area contributed by atoms with Gasteiger partial charge in [0.1, 0.15) is 6.10 Å². The molecule has 4 rings (SSSR count). The van der Waals surface area contributed by atoms with E-state index in [1.807, 2.05) is 19.1 Å². The molecular weight excluding hydrogens is 290 g/mol. The van der Waals surface area contributed by atoms with E-state index in [1.165, 1.54) is 0 Å².